The summed E-state index contributed by atoms with van der Waals surface area (Å²) in [5, 5.41) is 6.75. The van der Waals surface area contributed by atoms with Gasteiger partial charge in [-0.1, -0.05) is 90.4 Å². The summed E-state index contributed by atoms with van der Waals surface area (Å²) >= 11 is 0. The minimum atomic E-state index is 0.616. The van der Waals surface area contributed by atoms with Crippen molar-refractivity contribution in [3.8, 4) is 0 Å². The van der Waals surface area contributed by atoms with Gasteiger partial charge < -0.3 is 21.1 Å². The van der Waals surface area contributed by atoms with Crippen molar-refractivity contribution >= 4 is 17.3 Å². The number of unbranched alkanes of at least 4 members (excludes halogenated alkanes) is 13. The van der Waals surface area contributed by atoms with Crippen molar-refractivity contribution in [2.24, 2.45) is 0 Å². The molecule has 2 rings (SSSR count). The summed E-state index contributed by atoms with van der Waals surface area (Å²) in [6.45, 7) is 8.61. The highest BCUT2D eigenvalue weighted by Gasteiger charge is 2.11. The summed E-state index contributed by atoms with van der Waals surface area (Å²) in [5.41, 5.74) is 6.90. The molecule has 0 bridgehead atoms. The number of nitrogens with one attached hydrogen (secondary N) is 2. The highest BCUT2D eigenvalue weighted by molar-refractivity contribution is 5.73. The number of aromatic nitrogens is 2. The number of nitrogens with two attached hydrogens (primary N) is 1. The van der Waals surface area contributed by atoms with Gasteiger partial charge >= 0.3 is 0 Å². The van der Waals surface area contributed by atoms with Crippen LogP contribution in [0.25, 0.3) is 0 Å². The molecule has 0 atom stereocenters. The third kappa shape index (κ3) is 13.0. The van der Waals surface area contributed by atoms with E-state index < -0.39 is 0 Å². The van der Waals surface area contributed by atoms with Gasteiger partial charge in [-0.25, -0.2) is 9.97 Å². The van der Waals surface area contributed by atoms with Gasteiger partial charge in [0.1, 0.15) is 12.0 Å². The lowest BCUT2D eigenvalue weighted by Gasteiger charge is -2.26. The van der Waals surface area contributed by atoms with Crippen LogP contribution in [0.3, 0.4) is 0 Å². The normalized spacial score (nSPS) is 14.5. The molecule has 1 saturated heterocycles. The van der Waals surface area contributed by atoms with Crippen molar-refractivity contribution in [2.75, 3.05) is 62.3 Å². The van der Waals surface area contributed by atoms with Crippen molar-refractivity contribution in [1.29, 1.82) is 0 Å². The molecule has 0 saturated carbocycles. The van der Waals surface area contributed by atoms with Crippen molar-refractivity contribution in [3.05, 3.63) is 6.33 Å². The number of morpholine rings is 1. The number of rotatable bonds is 20. The summed E-state index contributed by atoms with van der Waals surface area (Å²) in [4.78, 5) is 11.0. The lowest BCUT2D eigenvalue weighted by atomic mass is 10.0. The van der Waals surface area contributed by atoms with Crippen LogP contribution in [-0.4, -0.2) is 60.8 Å². The largest absolute Gasteiger partial charge is 0.393 e. The van der Waals surface area contributed by atoms with Crippen LogP contribution in [0.2, 0.25) is 0 Å². The molecule has 1 fully saturated rings. The van der Waals surface area contributed by atoms with Crippen LogP contribution in [-0.2, 0) is 4.74 Å². The molecule has 1 aliphatic heterocycles. The first-order valence-corrected chi connectivity index (χ1v) is 13.7. The number of anilines is 3. The Hall–Kier alpha value is -1.60. The number of nitrogens with zero attached hydrogens (tertiary/aromatic N) is 3. The first-order valence-electron chi connectivity index (χ1n) is 13.7. The Labute approximate surface area is 202 Å². The Morgan fingerprint density at radius 3 is 1.79 bits per heavy atom. The zero-order valence-electron chi connectivity index (χ0n) is 21.3. The first-order chi connectivity index (χ1) is 16.3. The SMILES string of the molecule is CCCCCCCCCCCCCCCCNc1ncnc(NCCN2CCOCC2)c1N. The van der Waals surface area contributed by atoms with E-state index in [0.717, 1.165) is 64.0 Å². The molecule has 0 unspecified atom stereocenters. The smallest absolute Gasteiger partial charge is 0.154 e. The van der Waals surface area contributed by atoms with Crippen LogP contribution in [0, 0.1) is 0 Å². The second-order valence-electron chi connectivity index (χ2n) is 9.39. The Morgan fingerprint density at radius 2 is 1.24 bits per heavy atom. The second kappa shape index (κ2) is 18.8. The molecule has 7 heteroatoms. The molecular formula is C26H50N6O. The number of nitrogen functional groups attached to an aromatic ring is 1. The quantitative estimate of drug-likeness (QED) is 0.214. The summed E-state index contributed by atoms with van der Waals surface area (Å²) in [5.74, 6) is 1.47. The maximum atomic E-state index is 6.28. The molecule has 7 nitrogen and oxygen atoms in total. The molecule has 0 aliphatic carbocycles. The maximum absolute atomic E-state index is 6.28. The van der Waals surface area contributed by atoms with Gasteiger partial charge in [-0.2, -0.15) is 0 Å². The third-order valence-corrected chi connectivity index (χ3v) is 6.53. The molecule has 190 valence electrons. The lowest BCUT2D eigenvalue weighted by Crippen LogP contribution is -2.39. The molecule has 0 amide bonds. The van der Waals surface area contributed by atoms with Gasteiger partial charge in [-0.15, -0.1) is 0 Å². The van der Waals surface area contributed by atoms with Gasteiger partial charge in [0, 0.05) is 32.7 Å². The van der Waals surface area contributed by atoms with Gasteiger partial charge in [0.15, 0.2) is 11.6 Å². The van der Waals surface area contributed by atoms with Crippen LogP contribution in [0.1, 0.15) is 96.8 Å². The monoisotopic (exact) mass is 462 g/mol. The molecule has 1 aliphatic rings. The zero-order valence-corrected chi connectivity index (χ0v) is 21.3. The molecular weight excluding hydrogens is 412 g/mol. The predicted octanol–water partition coefficient (Wildman–Crippen LogP) is 5.70. The van der Waals surface area contributed by atoms with Crippen LogP contribution < -0.4 is 16.4 Å². The molecule has 2 heterocycles. The Morgan fingerprint density at radius 1 is 0.758 bits per heavy atom. The maximum Gasteiger partial charge on any atom is 0.154 e. The van der Waals surface area contributed by atoms with E-state index in [1.54, 1.807) is 6.33 Å². The van der Waals surface area contributed by atoms with Crippen LogP contribution >= 0.6 is 0 Å². The first kappa shape index (κ1) is 27.6. The van der Waals surface area contributed by atoms with E-state index in [-0.39, 0.29) is 0 Å². The Balaban J connectivity index is 1.44. The minimum Gasteiger partial charge on any atom is -0.393 e. The van der Waals surface area contributed by atoms with E-state index in [0.29, 0.717) is 5.69 Å². The molecule has 0 radical (unpaired) electrons. The van der Waals surface area contributed by atoms with Crippen molar-refractivity contribution in [1.82, 2.24) is 14.9 Å². The Kier molecular flexibility index (Phi) is 15.7. The fourth-order valence-electron chi connectivity index (χ4n) is 4.36. The standard InChI is InChI=1S/C26H50N6O/c1-2-3-4-5-6-7-8-9-10-11-12-13-14-15-16-28-25-24(27)26(31-23-30-25)29-17-18-32-19-21-33-22-20-32/h23H,2-22,27H2,1H3,(H2,28,29,30,31). The van der Waals surface area contributed by atoms with E-state index in [1.165, 1.54) is 83.5 Å². The number of hydrogen-bond donors (Lipinski definition) is 3. The van der Waals surface area contributed by atoms with Crippen molar-refractivity contribution < 1.29 is 4.74 Å². The molecule has 0 aromatic carbocycles. The molecule has 33 heavy (non-hydrogen) atoms. The van der Waals surface area contributed by atoms with Crippen molar-refractivity contribution in [2.45, 2.75) is 96.8 Å². The predicted molar refractivity (Wildman–Crippen MR) is 141 cm³/mol. The van der Waals surface area contributed by atoms with Gasteiger partial charge in [-0.3, -0.25) is 4.90 Å². The molecule has 1 aromatic rings. The van der Waals surface area contributed by atoms with E-state index in [9.17, 15) is 0 Å². The highest BCUT2D eigenvalue weighted by Crippen LogP contribution is 2.22. The van der Waals surface area contributed by atoms with E-state index in [4.69, 9.17) is 10.5 Å². The summed E-state index contributed by atoms with van der Waals surface area (Å²) in [6.07, 6.45) is 20.9. The lowest BCUT2D eigenvalue weighted by molar-refractivity contribution is 0.0398. The summed E-state index contributed by atoms with van der Waals surface area (Å²) in [7, 11) is 0. The van der Waals surface area contributed by atoms with Crippen LogP contribution in [0.5, 0.6) is 0 Å². The average Bonchev–Trinajstić information content (AvgIpc) is 2.84. The number of hydrogen-bond acceptors (Lipinski definition) is 7. The van der Waals surface area contributed by atoms with Gasteiger partial charge in [0.25, 0.3) is 0 Å². The van der Waals surface area contributed by atoms with Gasteiger partial charge in [0.2, 0.25) is 0 Å². The molecule has 4 N–H and O–H groups in total. The molecule has 1 aromatic heterocycles. The van der Waals surface area contributed by atoms with E-state index in [2.05, 4.69) is 32.4 Å². The molecule has 0 spiro atoms. The minimum absolute atomic E-state index is 0.616. The zero-order chi connectivity index (χ0) is 23.4. The topological polar surface area (TPSA) is 88.3 Å². The van der Waals surface area contributed by atoms with Gasteiger partial charge in [0.05, 0.1) is 13.2 Å². The third-order valence-electron chi connectivity index (χ3n) is 6.53. The highest BCUT2D eigenvalue weighted by atomic mass is 16.5. The van der Waals surface area contributed by atoms with E-state index >= 15 is 0 Å². The fraction of sp³-hybridized carbons (Fsp3) is 0.846. The second-order valence-corrected chi connectivity index (χ2v) is 9.39. The Bertz CT molecular complexity index is 594. The fourth-order valence-corrected chi connectivity index (χ4v) is 4.36. The van der Waals surface area contributed by atoms with Crippen molar-refractivity contribution in [3.63, 3.8) is 0 Å². The number of ether oxygens (including phenoxy) is 1. The average molecular weight is 463 g/mol. The van der Waals surface area contributed by atoms with Crippen LogP contribution in [0.15, 0.2) is 6.33 Å². The van der Waals surface area contributed by atoms with Crippen LogP contribution in [0.4, 0.5) is 17.3 Å². The summed E-state index contributed by atoms with van der Waals surface area (Å²) < 4.78 is 5.39. The van der Waals surface area contributed by atoms with E-state index in [1.807, 2.05) is 0 Å². The van der Waals surface area contributed by atoms with Gasteiger partial charge in [-0.05, 0) is 6.42 Å². The summed E-state index contributed by atoms with van der Waals surface area (Å²) in [6, 6.07) is 0.